The van der Waals surface area contributed by atoms with E-state index in [0.29, 0.717) is 5.56 Å². The van der Waals surface area contributed by atoms with Crippen LogP contribution < -0.4 is 0 Å². The lowest BCUT2D eigenvalue weighted by molar-refractivity contribution is 0.0927. The molecule has 0 spiro atoms. The van der Waals surface area contributed by atoms with Gasteiger partial charge in [-0.15, -0.1) is 0 Å². The largest absolute Gasteiger partial charge is 0.504 e. The van der Waals surface area contributed by atoms with E-state index in [4.69, 9.17) is 5.11 Å². The maximum Gasteiger partial charge on any atom is 0.165 e. The van der Waals surface area contributed by atoms with Gasteiger partial charge in [-0.05, 0) is 24.6 Å². The molecular formula is C11H14O3. The summed E-state index contributed by atoms with van der Waals surface area (Å²) in [5, 5.41) is 18.3. The van der Waals surface area contributed by atoms with E-state index in [1.54, 1.807) is 0 Å². The highest BCUT2D eigenvalue weighted by atomic mass is 16.3. The van der Waals surface area contributed by atoms with Gasteiger partial charge in [-0.25, -0.2) is 0 Å². The summed E-state index contributed by atoms with van der Waals surface area (Å²) in [5.41, 5.74) is 0.439. The van der Waals surface area contributed by atoms with Gasteiger partial charge in [-0.3, -0.25) is 4.79 Å². The molecule has 0 saturated heterocycles. The second-order valence-corrected chi connectivity index (χ2v) is 3.38. The number of benzene rings is 1. The van der Waals surface area contributed by atoms with Crippen molar-refractivity contribution in [3.8, 4) is 11.5 Å². The van der Waals surface area contributed by atoms with Crippen LogP contribution in [0.3, 0.4) is 0 Å². The number of carbonyl (C=O) groups is 1. The Balaban J connectivity index is 2.97. The van der Waals surface area contributed by atoms with E-state index in [9.17, 15) is 9.90 Å². The molecule has 3 heteroatoms. The smallest absolute Gasteiger partial charge is 0.165 e. The summed E-state index contributed by atoms with van der Waals surface area (Å²) in [6.45, 7) is 3.77. The first-order chi connectivity index (χ1) is 6.56. The van der Waals surface area contributed by atoms with Crippen LogP contribution in [0.25, 0.3) is 0 Å². The van der Waals surface area contributed by atoms with Gasteiger partial charge >= 0.3 is 0 Å². The van der Waals surface area contributed by atoms with Crippen LogP contribution in [0, 0.1) is 5.92 Å². The van der Waals surface area contributed by atoms with Gasteiger partial charge in [0, 0.05) is 11.5 Å². The summed E-state index contributed by atoms with van der Waals surface area (Å²) in [5.74, 6) is -0.522. The number of ketones is 1. The van der Waals surface area contributed by atoms with Crippen molar-refractivity contribution in [2.24, 2.45) is 5.92 Å². The fourth-order valence-corrected chi connectivity index (χ4v) is 1.15. The highest BCUT2D eigenvalue weighted by molar-refractivity contribution is 5.98. The van der Waals surface area contributed by atoms with Gasteiger partial charge in [0.2, 0.25) is 0 Å². The fraction of sp³-hybridized carbons (Fsp3) is 0.364. The maximum atomic E-state index is 11.6. The highest BCUT2D eigenvalue weighted by Crippen LogP contribution is 2.26. The van der Waals surface area contributed by atoms with Crippen LogP contribution in [0.4, 0.5) is 0 Å². The lowest BCUT2D eigenvalue weighted by Crippen LogP contribution is -2.09. The third kappa shape index (κ3) is 2.05. The summed E-state index contributed by atoms with van der Waals surface area (Å²) in [6.07, 6.45) is 0.764. The van der Waals surface area contributed by atoms with E-state index >= 15 is 0 Å². The molecule has 0 aliphatic heterocycles. The Hall–Kier alpha value is -1.51. The average molecular weight is 194 g/mol. The van der Waals surface area contributed by atoms with Crippen molar-refractivity contribution in [2.45, 2.75) is 20.3 Å². The molecule has 0 aliphatic rings. The molecule has 0 bridgehead atoms. The third-order valence-corrected chi connectivity index (χ3v) is 2.32. The highest BCUT2D eigenvalue weighted by Gasteiger charge is 2.14. The number of carbonyl (C=O) groups excluding carboxylic acids is 1. The van der Waals surface area contributed by atoms with Crippen molar-refractivity contribution in [2.75, 3.05) is 0 Å². The number of hydrogen-bond acceptors (Lipinski definition) is 3. The lowest BCUT2D eigenvalue weighted by Gasteiger charge is -2.07. The Bertz CT molecular complexity index is 344. The van der Waals surface area contributed by atoms with Crippen molar-refractivity contribution in [1.29, 1.82) is 0 Å². The van der Waals surface area contributed by atoms with Crippen LogP contribution in [0.15, 0.2) is 18.2 Å². The number of hydrogen-bond donors (Lipinski definition) is 2. The minimum Gasteiger partial charge on any atom is -0.504 e. The number of phenolic OH excluding ortho intramolecular Hbond substituents is 2. The normalized spacial score (nSPS) is 12.4. The third-order valence-electron chi connectivity index (χ3n) is 2.32. The zero-order valence-corrected chi connectivity index (χ0v) is 8.32. The molecule has 0 aromatic heterocycles. The second kappa shape index (κ2) is 4.13. The minimum absolute atomic E-state index is 0.0113. The minimum atomic E-state index is -0.251. The quantitative estimate of drug-likeness (QED) is 0.573. The standard InChI is InChI=1S/C11H14O3/c1-3-7(2)11(14)8-4-5-9(12)10(13)6-8/h4-7,12-13H,3H2,1-2H3/t7-/m1/s1. The molecule has 0 saturated carbocycles. The Kier molecular flexibility index (Phi) is 3.12. The van der Waals surface area contributed by atoms with Crippen LogP contribution in [-0.2, 0) is 0 Å². The molecule has 3 nitrogen and oxygen atoms in total. The van der Waals surface area contributed by atoms with Crippen molar-refractivity contribution in [3.63, 3.8) is 0 Å². The Morgan fingerprint density at radius 2 is 2.00 bits per heavy atom. The number of rotatable bonds is 3. The summed E-state index contributed by atoms with van der Waals surface area (Å²) in [7, 11) is 0. The van der Waals surface area contributed by atoms with Crippen LogP contribution in [0.1, 0.15) is 30.6 Å². The van der Waals surface area contributed by atoms with Gasteiger partial charge in [0.05, 0.1) is 0 Å². The van der Waals surface area contributed by atoms with Crippen molar-refractivity contribution in [3.05, 3.63) is 23.8 Å². The molecule has 0 unspecified atom stereocenters. The van der Waals surface area contributed by atoms with Crippen molar-refractivity contribution >= 4 is 5.78 Å². The van der Waals surface area contributed by atoms with Gasteiger partial charge in [-0.2, -0.15) is 0 Å². The predicted octanol–water partition coefficient (Wildman–Crippen LogP) is 2.33. The SMILES string of the molecule is CC[C@@H](C)C(=O)c1ccc(O)c(O)c1. The van der Waals surface area contributed by atoms with Crippen LogP contribution >= 0.6 is 0 Å². The fourth-order valence-electron chi connectivity index (χ4n) is 1.15. The monoisotopic (exact) mass is 194 g/mol. The van der Waals surface area contributed by atoms with Gasteiger partial charge in [0.1, 0.15) is 0 Å². The molecule has 1 aromatic carbocycles. The first kappa shape index (κ1) is 10.6. The first-order valence-corrected chi connectivity index (χ1v) is 4.62. The van der Waals surface area contributed by atoms with E-state index in [2.05, 4.69) is 0 Å². The molecule has 2 N–H and O–H groups in total. The summed E-state index contributed by atoms with van der Waals surface area (Å²) < 4.78 is 0. The molecule has 1 rings (SSSR count). The van der Waals surface area contributed by atoms with Gasteiger partial charge in [-0.1, -0.05) is 13.8 Å². The van der Waals surface area contributed by atoms with Crippen LogP contribution in [0.2, 0.25) is 0 Å². The average Bonchev–Trinajstić information content (AvgIpc) is 2.20. The van der Waals surface area contributed by atoms with Gasteiger partial charge in [0.15, 0.2) is 17.3 Å². The van der Waals surface area contributed by atoms with Crippen LogP contribution in [-0.4, -0.2) is 16.0 Å². The molecule has 0 aliphatic carbocycles. The van der Waals surface area contributed by atoms with E-state index in [1.807, 2.05) is 13.8 Å². The number of aromatic hydroxyl groups is 2. The van der Waals surface area contributed by atoms with E-state index < -0.39 is 0 Å². The molecule has 76 valence electrons. The summed E-state index contributed by atoms with van der Waals surface area (Å²) >= 11 is 0. The molecule has 0 amide bonds. The lowest BCUT2D eigenvalue weighted by atomic mass is 9.97. The summed E-state index contributed by atoms with van der Waals surface area (Å²) in [4.78, 5) is 11.6. The molecule has 0 fully saturated rings. The molecule has 1 atom stereocenters. The topological polar surface area (TPSA) is 57.5 Å². The van der Waals surface area contributed by atoms with Gasteiger partial charge in [0.25, 0.3) is 0 Å². The van der Waals surface area contributed by atoms with Crippen LogP contribution in [0.5, 0.6) is 11.5 Å². The Morgan fingerprint density at radius 3 is 2.50 bits per heavy atom. The maximum absolute atomic E-state index is 11.6. The molecule has 0 radical (unpaired) electrons. The van der Waals surface area contributed by atoms with Crippen molar-refractivity contribution in [1.82, 2.24) is 0 Å². The van der Waals surface area contributed by atoms with Gasteiger partial charge < -0.3 is 10.2 Å². The van der Waals surface area contributed by atoms with Crippen molar-refractivity contribution < 1.29 is 15.0 Å². The summed E-state index contributed by atoms with van der Waals surface area (Å²) in [6, 6.07) is 4.14. The Labute approximate surface area is 83.0 Å². The second-order valence-electron chi connectivity index (χ2n) is 3.38. The molecule has 14 heavy (non-hydrogen) atoms. The predicted molar refractivity (Wildman–Crippen MR) is 53.6 cm³/mol. The zero-order valence-electron chi connectivity index (χ0n) is 8.32. The Morgan fingerprint density at radius 1 is 1.36 bits per heavy atom. The molecule has 0 heterocycles. The molecule has 1 aromatic rings. The van der Waals surface area contributed by atoms with E-state index in [1.165, 1.54) is 18.2 Å². The number of Topliss-reactive ketones (excluding diaryl/α,β-unsaturated/α-hetero) is 1. The number of phenols is 2. The first-order valence-electron chi connectivity index (χ1n) is 4.62. The van der Waals surface area contributed by atoms with E-state index in [-0.39, 0.29) is 23.2 Å². The van der Waals surface area contributed by atoms with E-state index in [0.717, 1.165) is 6.42 Å². The molecular weight excluding hydrogens is 180 g/mol. The zero-order chi connectivity index (χ0) is 10.7.